The second-order valence-electron chi connectivity index (χ2n) is 4.42. The maximum atomic E-state index is 11.7. The molecule has 0 unspecified atom stereocenters. The Labute approximate surface area is 108 Å². The van der Waals surface area contributed by atoms with E-state index in [9.17, 15) is 4.79 Å². The predicted molar refractivity (Wildman–Crippen MR) is 70.3 cm³/mol. The zero-order chi connectivity index (χ0) is 13.4. The highest BCUT2D eigenvalue weighted by Crippen LogP contribution is 2.23. The average Bonchev–Trinajstić information content (AvgIpc) is 2.35. The Morgan fingerprint density at radius 3 is 2.83 bits per heavy atom. The van der Waals surface area contributed by atoms with Crippen molar-refractivity contribution in [1.29, 1.82) is 5.26 Å². The van der Waals surface area contributed by atoms with Crippen LogP contribution in [0.2, 0.25) is 0 Å². The molecule has 1 rings (SSSR count). The minimum atomic E-state index is -0.0308. The predicted octanol–water partition coefficient (Wildman–Crippen LogP) is 2.96. The van der Waals surface area contributed by atoms with Gasteiger partial charge in [0.2, 0.25) is 5.91 Å². The molecule has 4 nitrogen and oxygen atoms in total. The molecule has 4 heteroatoms. The Balaban J connectivity index is 2.60. The minimum absolute atomic E-state index is 0.0289. The van der Waals surface area contributed by atoms with Crippen LogP contribution in [0.1, 0.15) is 26.7 Å². The van der Waals surface area contributed by atoms with E-state index in [0.717, 1.165) is 6.42 Å². The molecule has 0 aliphatic rings. The number of carbonyl (C=O) groups excluding carboxylic acids is 1. The number of nitriles is 1. The minimum Gasteiger partial charge on any atom is -0.477 e. The van der Waals surface area contributed by atoms with Crippen LogP contribution in [0, 0.1) is 17.2 Å². The molecule has 18 heavy (non-hydrogen) atoms. The average molecular weight is 246 g/mol. The van der Waals surface area contributed by atoms with Crippen molar-refractivity contribution in [2.75, 3.05) is 11.9 Å². The van der Waals surface area contributed by atoms with Crippen molar-refractivity contribution < 1.29 is 9.53 Å². The molecule has 0 radical (unpaired) electrons. The van der Waals surface area contributed by atoms with E-state index in [1.807, 2.05) is 12.1 Å². The first-order valence-corrected chi connectivity index (χ1v) is 6.02. The van der Waals surface area contributed by atoms with Crippen molar-refractivity contribution >= 4 is 11.6 Å². The Bertz CT molecular complexity index is 436. The maximum absolute atomic E-state index is 11.7. The standard InChI is InChI=1S/C14H18N2O2/c1-11(2)7-8-14(17)16-12-5-3-4-6-13(12)18-10-9-15/h3-6,11H,7-8,10H2,1-2H3,(H,16,17). The third kappa shape index (κ3) is 4.88. The van der Waals surface area contributed by atoms with Crippen molar-refractivity contribution in [2.24, 2.45) is 5.92 Å². The van der Waals surface area contributed by atoms with E-state index in [1.54, 1.807) is 18.2 Å². The number of hydrogen-bond donors (Lipinski definition) is 1. The van der Waals surface area contributed by atoms with Crippen LogP contribution in [0.25, 0.3) is 0 Å². The van der Waals surface area contributed by atoms with Crippen LogP contribution in [0.5, 0.6) is 5.75 Å². The fourth-order valence-electron chi connectivity index (χ4n) is 1.44. The topological polar surface area (TPSA) is 62.1 Å². The summed E-state index contributed by atoms with van der Waals surface area (Å²) < 4.78 is 5.24. The quantitative estimate of drug-likeness (QED) is 0.839. The Hall–Kier alpha value is -2.02. The molecule has 0 saturated carbocycles. The highest BCUT2D eigenvalue weighted by molar-refractivity contribution is 5.92. The summed E-state index contributed by atoms with van der Waals surface area (Å²) in [5, 5.41) is 11.3. The van der Waals surface area contributed by atoms with E-state index >= 15 is 0 Å². The summed E-state index contributed by atoms with van der Waals surface area (Å²) in [4.78, 5) is 11.7. The third-order valence-corrected chi connectivity index (χ3v) is 2.40. The summed E-state index contributed by atoms with van der Waals surface area (Å²) >= 11 is 0. The van der Waals surface area contributed by atoms with Gasteiger partial charge in [-0.25, -0.2) is 0 Å². The molecule has 0 bridgehead atoms. The molecule has 96 valence electrons. The van der Waals surface area contributed by atoms with Crippen molar-refractivity contribution in [1.82, 2.24) is 0 Å². The van der Waals surface area contributed by atoms with Crippen molar-refractivity contribution in [3.8, 4) is 11.8 Å². The second-order valence-corrected chi connectivity index (χ2v) is 4.42. The molecular weight excluding hydrogens is 228 g/mol. The van der Waals surface area contributed by atoms with Gasteiger partial charge in [0, 0.05) is 6.42 Å². The Morgan fingerprint density at radius 1 is 1.44 bits per heavy atom. The summed E-state index contributed by atoms with van der Waals surface area (Å²) in [7, 11) is 0. The van der Waals surface area contributed by atoms with E-state index in [2.05, 4.69) is 19.2 Å². The number of ether oxygens (including phenoxy) is 1. The second kappa shape index (κ2) is 7.33. The van der Waals surface area contributed by atoms with Gasteiger partial charge >= 0.3 is 0 Å². The molecule has 1 aromatic carbocycles. The highest BCUT2D eigenvalue weighted by Gasteiger charge is 2.08. The molecule has 0 aliphatic heterocycles. The van der Waals surface area contributed by atoms with Crippen LogP contribution in [0.15, 0.2) is 24.3 Å². The van der Waals surface area contributed by atoms with Crippen molar-refractivity contribution in [3.05, 3.63) is 24.3 Å². The highest BCUT2D eigenvalue weighted by atomic mass is 16.5. The van der Waals surface area contributed by atoms with Gasteiger partial charge in [-0.1, -0.05) is 26.0 Å². The number of nitrogens with one attached hydrogen (secondary N) is 1. The van der Waals surface area contributed by atoms with Gasteiger partial charge in [-0.15, -0.1) is 0 Å². The fraction of sp³-hybridized carbons (Fsp3) is 0.429. The van der Waals surface area contributed by atoms with Gasteiger partial charge in [0.15, 0.2) is 6.61 Å². The zero-order valence-corrected chi connectivity index (χ0v) is 10.8. The van der Waals surface area contributed by atoms with Crippen molar-refractivity contribution in [2.45, 2.75) is 26.7 Å². The number of hydrogen-bond acceptors (Lipinski definition) is 3. The first-order chi connectivity index (χ1) is 8.63. The number of nitrogens with zero attached hydrogens (tertiary/aromatic N) is 1. The zero-order valence-electron chi connectivity index (χ0n) is 10.8. The lowest BCUT2D eigenvalue weighted by Gasteiger charge is -2.11. The van der Waals surface area contributed by atoms with E-state index < -0.39 is 0 Å². The van der Waals surface area contributed by atoms with E-state index in [1.165, 1.54) is 0 Å². The van der Waals surface area contributed by atoms with Crippen LogP contribution >= 0.6 is 0 Å². The van der Waals surface area contributed by atoms with E-state index in [4.69, 9.17) is 10.00 Å². The smallest absolute Gasteiger partial charge is 0.224 e. The number of para-hydroxylation sites is 2. The third-order valence-electron chi connectivity index (χ3n) is 2.40. The lowest BCUT2D eigenvalue weighted by Crippen LogP contribution is -2.13. The van der Waals surface area contributed by atoms with Crippen LogP contribution < -0.4 is 10.1 Å². The summed E-state index contributed by atoms with van der Waals surface area (Å²) in [5.74, 6) is 0.995. The van der Waals surface area contributed by atoms with Gasteiger partial charge in [0.1, 0.15) is 11.8 Å². The SMILES string of the molecule is CC(C)CCC(=O)Nc1ccccc1OCC#N. The van der Waals surface area contributed by atoms with Crippen LogP contribution in [0.4, 0.5) is 5.69 Å². The molecule has 0 heterocycles. The van der Waals surface area contributed by atoms with Gasteiger partial charge in [-0.2, -0.15) is 5.26 Å². The number of rotatable bonds is 6. The molecule has 0 saturated heterocycles. The molecular formula is C14H18N2O2. The fourth-order valence-corrected chi connectivity index (χ4v) is 1.44. The molecule has 0 atom stereocenters. The summed E-state index contributed by atoms with van der Waals surface area (Å²) in [6.07, 6.45) is 1.34. The van der Waals surface area contributed by atoms with Crippen molar-refractivity contribution in [3.63, 3.8) is 0 Å². The number of anilines is 1. The maximum Gasteiger partial charge on any atom is 0.224 e. The lowest BCUT2D eigenvalue weighted by molar-refractivity contribution is -0.116. The summed E-state index contributed by atoms with van der Waals surface area (Å²) in [6, 6.07) is 9.02. The molecule has 0 spiro atoms. The Morgan fingerprint density at radius 2 is 2.17 bits per heavy atom. The Kier molecular flexibility index (Phi) is 5.72. The van der Waals surface area contributed by atoms with Gasteiger partial charge in [-0.3, -0.25) is 4.79 Å². The molecule has 0 aromatic heterocycles. The van der Waals surface area contributed by atoms with Gasteiger partial charge < -0.3 is 10.1 Å². The first kappa shape index (κ1) is 14.0. The summed E-state index contributed by atoms with van der Waals surface area (Å²) in [5.41, 5.74) is 0.613. The molecule has 1 amide bonds. The number of carbonyl (C=O) groups is 1. The van der Waals surface area contributed by atoms with Crippen LogP contribution in [-0.2, 0) is 4.79 Å². The number of amides is 1. The molecule has 0 aliphatic carbocycles. The van der Waals surface area contributed by atoms with Gasteiger partial charge in [0.05, 0.1) is 5.69 Å². The van der Waals surface area contributed by atoms with Crippen LogP contribution in [0.3, 0.4) is 0 Å². The molecule has 1 N–H and O–H groups in total. The van der Waals surface area contributed by atoms with Gasteiger partial charge in [0.25, 0.3) is 0 Å². The monoisotopic (exact) mass is 246 g/mol. The van der Waals surface area contributed by atoms with Crippen LogP contribution in [-0.4, -0.2) is 12.5 Å². The van der Waals surface area contributed by atoms with E-state index in [-0.39, 0.29) is 12.5 Å². The summed E-state index contributed by atoms with van der Waals surface area (Å²) in [6.45, 7) is 4.13. The van der Waals surface area contributed by atoms with Gasteiger partial charge in [-0.05, 0) is 24.5 Å². The normalized spacial score (nSPS) is 9.89. The number of benzene rings is 1. The first-order valence-electron chi connectivity index (χ1n) is 6.02. The van der Waals surface area contributed by atoms with E-state index in [0.29, 0.717) is 23.8 Å². The molecule has 0 fully saturated rings. The molecule has 1 aromatic rings. The lowest BCUT2D eigenvalue weighted by atomic mass is 10.1. The largest absolute Gasteiger partial charge is 0.477 e.